The first-order valence-electron chi connectivity index (χ1n) is 9.39. The first-order chi connectivity index (χ1) is 13.8. The van der Waals surface area contributed by atoms with Crippen LogP contribution in [-0.2, 0) is 10.5 Å². The van der Waals surface area contributed by atoms with Gasteiger partial charge in [-0.2, -0.15) is 11.8 Å². The van der Waals surface area contributed by atoms with Crippen LogP contribution in [0.3, 0.4) is 0 Å². The minimum absolute atomic E-state index is 0.282. The standard InChI is InChI=1S/C24H24O3S/c1-2-26-24(25)23-14-7-6-13-22(23)20-10-8-9-19(17-20)18-28-16-15-27-21-11-4-3-5-12-21/h3-14,17H,2,15-16,18H2,1H3. The molecule has 0 bridgehead atoms. The van der Waals surface area contributed by atoms with Crippen molar-refractivity contribution >= 4 is 17.7 Å². The molecule has 0 amide bonds. The Kier molecular flexibility index (Phi) is 7.56. The lowest BCUT2D eigenvalue weighted by Gasteiger charge is -2.10. The van der Waals surface area contributed by atoms with E-state index in [0.29, 0.717) is 18.8 Å². The fraction of sp³-hybridized carbons (Fsp3) is 0.208. The van der Waals surface area contributed by atoms with Crippen molar-refractivity contribution < 1.29 is 14.3 Å². The van der Waals surface area contributed by atoms with Gasteiger partial charge in [0, 0.05) is 11.5 Å². The first-order valence-corrected chi connectivity index (χ1v) is 10.5. The second-order valence-electron chi connectivity index (χ2n) is 6.18. The summed E-state index contributed by atoms with van der Waals surface area (Å²) in [5.41, 5.74) is 3.76. The summed E-state index contributed by atoms with van der Waals surface area (Å²) < 4.78 is 10.9. The van der Waals surface area contributed by atoms with Crippen LogP contribution in [0.25, 0.3) is 11.1 Å². The highest BCUT2D eigenvalue weighted by Gasteiger charge is 2.13. The Balaban J connectivity index is 1.59. The molecule has 0 unspecified atom stereocenters. The number of hydrogen-bond acceptors (Lipinski definition) is 4. The van der Waals surface area contributed by atoms with Gasteiger partial charge in [0.1, 0.15) is 5.75 Å². The molecule has 0 aliphatic rings. The molecule has 28 heavy (non-hydrogen) atoms. The highest BCUT2D eigenvalue weighted by atomic mass is 32.2. The maximum Gasteiger partial charge on any atom is 0.338 e. The van der Waals surface area contributed by atoms with Crippen LogP contribution in [0.2, 0.25) is 0 Å². The van der Waals surface area contributed by atoms with Crippen LogP contribution in [0.4, 0.5) is 0 Å². The van der Waals surface area contributed by atoms with E-state index in [0.717, 1.165) is 28.4 Å². The average Bonchev–Trinajstić information content (AvgIpc) is 2.75. The van der Waals surface area contributed by atoms with Gasteiger partial charge in [0.25, 0.3) is 0 Å². The molecule has 3 rings (SSSR count). The largest absolute Gasteiger partial charge is 0.493 e. The van der Waals surface area contributed by atoms with Crippen molar-refractivity contribution in [1.82, 2.24) is 0 Å². The molecule has 3 aromatic carbocycles. The second kappa shape index (κ2) is 10.6. The maximum absolute atomic E-state index is 12.2. The van der Waals surface area contributed by atoms with Gasteiger partial charge in [-0.1, -0.05) is 60.7 Å². The van der Waals surface area contributed by atoms with Crippen LogP contribution in [-0.4, -0.2) is 24.9 Å². The van der Waals surface area contributed by atoms with Gasteiger partial charge in [-0.3, -0.25) is 0 Å². The smallest absolute Gasteiger partial charge is 0.338 e. The zero-order chi connectivity index (χ0) is 19.6. The van der Waals surface area contributed by atoms with Gasteiger partial charge in [0.2, 0.25) is 0 Å². The Bertz CT molecular complexity index is 893. The Morgan fingerprint density at radius 1 is 0.929 bits per heavy atom. The van der Waals surface area contributed by atoms with E-state index in [1.54, 1.807) is 0 Å². The molecule has 0 aliphatic heterocycles. The monoisotopic (exact) mass is 392 g/mol. The Morgan fingerprint density at radius 2 is 1.71 bits per heavy atom. The molecule has 3 aromatic rings. The van der Waals surface area contributed by atoms with E-state index >= 15 is 0 Å². The van der Waals surface area contributed by atoms with Crippen molar-refractivity contribution in [2.75, 3.05) is 19.0 Å². The zero-order valence-corrected chi connectivity index (χ0v) is 16.8. The summed E-state index contributed by atoms with van der Waals surface area (Å²) in [4.78, 5) is 12.2. The van der Waals surface area contributed by atoms with Gasteiger partial charge in [-0.05, 0) is 41.8 Å². The first kappa shape index (κ1) is 20.0. The summed E-state index contributed by atoms with van der Waals surface area (Å²) in [6.07, 6.45) is 0. The summed E-state index contributed by atoms with van der Waals surface area (Å²) in [5, 5.41) is 0. The van der Waals surface area contributed by atoms with Gasteiger partial charge >= 0.3 is 5.97 Å². The number of rotatable bonds is 9. The van der Waals surface area contributed by atoms with Crippen LogP contribution in [0.1, 0.15) is 22.8 Å². The molecular weight excluding hydrogens is 368 g/mol. The highest BCUT2D eigenvalue weighted by Crippen LogP contribution is 2.26. The van der Waals surface area contributed by atoms with Crippen molar-refractivity contribution in [1.29, 1.82) is 0 Å². The van der Waals surface area contributed by atoms with E-state index in [2.05, 4.69) is 12.1 Å². The van der Waals surface area contributed by atoms with Crippen molar-refractivity contribution in [3.05, 3.63) is 90.0 Å². The lowest BCUT2D eigenvalue weighted by atomic mass is 9.98. The topological polar surface area (TPSA) is 35.5 Å². The molecule has 0 radical (unpaired) electrons. The molecule has 144 valence electrons. The average molecular weight is 393 g/mol. The summed E-state index contributed by atoms with van der Waals surface area (Å²) in [5.74, 6) is 2.43. The van der Waals surface area contributed by atoms with Crippen LogP contribution >= 0.6 is 11.8 Å². The predicted octanol–water partition coefficient (Wildman–Crippen LogP) is 5.84. The van der Waals surface area contributed by atoms with Gasteiger partial charge in [0.05, 0.1) is 18.8 Å². The quantitative estimate of drug-likeness (QED) is 0.338. The van der Waals surface area contributed by atoms with Crippen molar-refractivity contribution in [3.63, 3.8) is 0 Å². The molecule has 0 aromatic heterocycles. The second-order valence-corrected chi connectivity index (χ2v) is 7.29. The van der Waals surface area contributed by atoms with E-state index in [-0.39, 0.29) is 5.97 Å². The van der Waals surface area contributed by atoms with Crippen molar-refractivity contribution in [2.24, 2.45) is 0 Å². The molecular formula is C24H24O3S. The number of hydrogen-bond donors (Lipinski definition) is 0. The van der Waals surface area contributed by atoms with Gasteiger partial charge < -0.3 is 9.47 Å². The van der Waals surface area contributed by atoms with Crippen molar-refractivity contribution in [3.8, 4) is 16.9 Å². The molecule has 0 N–H and O–H groups in total. The molecule has 3 nitrogen and oxygen atoms in total. The number of ether oxygens (including phenoxy) is 2. The third-order valence-corrected chi connectivity index (χ3v) is 5.16. The minimum Gasteiger partial charge on any atom is -0.493 e. The van der Waals surface area contributed by atoms with Crippen LogP contribution in [0, 0.1) is 0 Å². The Morgan fingerprint density at radius 3 is 2.54 bits per heavy atom. The summed E-state index contributed by atoms with van der Waals surface area (Å²) in [6.45, 7) is 2.87. The van der Waals surface area contributed by atoms with E-state index in [1.807, 2.05) is 85.4 Å². The molecule has 0 heterocycles. The van der Waals surface area contributed by atoms with Crippen LogP contribution in [0.15, 0.2) is 78.9 Å². The molecule has 0 spiro atoms. The van der Waals surface area contributed by atoms with Gasteiger partial charge in [-0.15, -0.1) is 0 Å². The van der Waals surface area contributed by atoms with E-state index in [1.165, 1.54) is 5.56 Å². The summed E-state index contributed by atoms with van der Waals surface area (Å²) >= 11 is 1.83. The highest BCUT2D eigenvalue weighted by molar-refractivity contribution is 7.98. The molecule has 0 saturated carbocycles. The number of benzene rings is 3. The lowest BCUT2D eigenvalue weighted by Crippen LogP contribution is -2.06. The van der Waals surface area contributed by atoms with Crippen molar-refractivity contribution in [2.45, 2.75) is 12.7 Å². The third kappa shape index (κ3) is 5.64. The normalized spacial score (nSPS) is 10.5. The fourth-order valence-corrected chi connectivity index (χ4v) is 3.64. The number of esters is 1. The molecule has 0 aliphatic carbocycles. The third-order valence-electron chi connectivity index (χ3n) is 4.17. The number of para-hydroxylation sites is 1. The lowest BCUT2D eigenvalue weighted by molar-refractivity contribution is 0.0527. The molecule has 0 saturated heterocycles. The van der Waals surface area contributed by atoms with Crippen LogP contribution < -0.4 is 4.74 Å². The Hall–Kier alpha value is -2.72. The maximum atomic E-state index is 12.2. The molecule has 0 atom stereocenters. The summed E-state index contributed by atoms with van der Waals surface area (Å²) in [6, 6.07) is 25.8. The number of carbonyl (C=O) groups excluding carboxylic acids is 1. The number of thioether (sulfide) groups is 1. The predicted molar refractivity (Wildman–Crippen MR) is 116 cm³/mol. The van der Waals surface area contributed by atoms with E-state index < -0.39 is 0 Å². The SMILES string of the molecule is CCOC(=O)c1ccccc1-c1cccc(CSCCOc2ccccc2)c1. The molecule has 4 heteroatoms. The zero-order valence-electron chi connectivity index (χ0n) is 16.0. The Labute approximate surface area is 170 Å². The number of carbonyl (C=O) groups is 1. The minimum atomic E-state index is -0.282. The van der Waals surface area contributed by atoms with Gasteiger partial charge in [0.15, 0.2) is 0 Å². The fourth-order valence-electron chi connectivity index (χ4n) is 2.88. The van der Waals surface area contributed by atoms with E-state index in [9.17, 15) is 4.79 Å². The van der Waals surface area contributed by atoms with Gasteiger partial charge in [-0.25, -0.2) is 4.79 Å². The van der Waals surface area contributed by atoms with E-state index in [4.69, 9.17) is 9.47 Å². The van der Waals surface area contributed by atoms with Crippen LogP contribution in [0.5, 0.6) is 5.75 Å². The summed E-state index contributed by atoms with van der Waals surface area (Å²) in [7, 11) is 0. The molecule has 0 fully saturated rings.